The lowest BCUT2D eigenvalue weighted by atomic mass is 10.1. The molecule has 4 rings (SSSR count). The zero-order valence-corrected chi connectivity index (χ0v) is 18.3. The third kappa shape index (κ3) is 4.71. The number of rotatable bonds is 7. The molecule has 0 radical (unpaired) electrons. The molecule has 3 aromatic rings. The summed E-state index contributed by atoms with van der Waals surface area (Å²) in [6.07, 6.45) is 6.58. The highest BCUT2D eigenvalue weighted by Crippen LogP contribution is 2.29. The molecule has 0 bridgehead atoms. The second kappa shape index (κ2) is 9.67. The van der Waals surface area contributed by atoms with E-state index in [1.807, 2.05) is 42.5 Å². The molecule has 4 nitrogen and oxygen atoms in total. The van der Waals surface area contributed by atoms with Gasteiger partial charge in [0, 0.05) is 29.1 Å². The molecule has 1 fully saturated rings. The second-order valence-corrected chi connectivity index (χ2v) is 8.50. The summed E-state index contributed by atoms with van der Waals surface area (Å²) >= 11 is 6.46. The number of piperidine rings is 1. The van der Waals surface area contributed by atoms with Crippen LogP contribution in [0.5, 0.6) is 0 Å². The van der Waals surface area contributed by atoms with E-state index in [4.69, 9.17) is 16.0 Å². The van der Waals surface area contributed by atoms with E-state index in [1.54, 1.807) is 0 Å². The van der Waals surface area contributed by atoms with E-state index in [0.717, 1.165) is 71.9 Å². The molecule has 2 heterocycles. The van der Waals surface area contributed by atoms with Crippen LogP contribution in [0.4, 0.5) is 5.69 Å². The SMILES string of the molecule is CCCCc1oc2ccccc2c1C(=O)Nc1ccc(Cl)c(CN2CCCCC2)c1. The number of nitrogens with one attached hydrogen (secondary N) is 1. The van der Waals surface area contributed by atoms with Gasteiger partial charge in [0.25, 0.3) is 5.91 Å². The van der Waals surface area contributed by atoms with Crippen molar-refractivity contribution in [2.45, 2.75) is 52.0 Å². The van der Waals surface area contributed by atoms with E-state index < -0.39 is 0 Å². The minimum Gasteiger partial charge on any atom is -0.460 e. The van der Waals surface area contributed by atoms with E-state index in [2.05, 4.69) is 17.1 Å². The number of para-hydroxylation sites is 1. The third-order valence-corrected chi connectivity index (χ3v) is 6.17. The van der Waals surface area contributed by atoms with Crippen LogP contribution >= 0.6 is 11.6 Å². The highest BCUT2D eigenvalue weighted by atomic mass is 35.5. The Morgan fingerprint density at radius 3 is 2.73 bits per heavy atom. The van der Waals surface area contributed by atoms with Crippen LogP contribution < -0.4 is 5.32 Å². The van der Waals surface area contributed by atoms with Crippen molar-refractivity contribution in [3.8, 4) is 0 Å². The lowest BCUT2D eigenvalue weighted by Crippen LogP contribution is -2.29. The Balaban J connectivity index is 1.57. The van der Waals surface area contributed by atoms with E-state index in [1.165, 1.54) is 19.3 Å². The first-order valence-electron chi connectivity index (χ1n) is 11.0. The largest absolute Gasteiger partial charge is 0.460 e. The first-order valence-corrected chi connectivity index (χ1v) is 11.4. The molecule has 0 aliphatic carbocycles. The van der Waals surface area contributed by atoms with Gasteiger partial charge in [0.1, 0.15) is 11.3 Å². The number of likely N-dealkylation sites (tertiary alicyclic amines) is 1. The molecule has 5 heteroatoms. The zero-order chi connectivity index (χ0) is 20.9. The molecule has 0 atom stereocenters. The van der Waals surface area contributed by atoms with Crippen LogP contribution in [-0.4, -0.2) is 23.9 Å². The van der Waals surface area contributed by atoms with Gasteiger partial charge in [-0.05, 0) is 62.2 Å². The van der Waals surface area contributed by atoms with Gasteiger partial charge in [-0.3, -0.25) is 9.69 Å². The van der Waals surface area contributed by atoms with E-state index in [-0.39, 0.29) is 5.91 Å². The molecule has 2 aromatic carbocycles. The third-order valence-electron chi connectivity index (χ3n) is 5.80. The maximum atomic E-state index is 13.2. The number of benzene rings is 2. The van der Waals surface area contributed by atoms with Crippen LogP contribution in [0.25, 0.3) is 11.0 Å². The number of carbonyl (C=O) groups is 1. The summed E-state index contributed by atoms with van der Waals surface area (Å²) in [5.74, 6) is 0.635. The van der Waals surface area contributed by atoms with E-state index >= 15 is 0 Å². The molecule has 158 valence electrons. The van der Waals surface area contributed by atoms with Crippen LogP contribution in [0.15, 0.2) is 46.9 Å². The fraction of sp³-hybridized carbons (Fsp3) is 0.400. The Morgan fingerprint density at radius 2 is 1.93 bits per heavy atom. The Bertz CT molecular complexity index is 1020. The highest BCUT2D eigenvalue weighted by Gasteiger charge is 2.21. The Morgan fingerprint density at radius 1 is 1.13 bits per heavy atom. The van der Waals surface area contributed by atoms with Crippen molar-refractivity contribution in [1.29, 1.82) is 0 Å². The lowest BCUT2D eigenvalue weighted by Gasteiger charge is -2.27. The number of hydrogen-bond donors (Lipinski definition) is 1. The monoisotopic (exact) mass is 424 g/mol. The van der Waals surface area contributed by atoms with Crippen LogP contribution in [0, 0.1) is 0 Å². The topological polar surface area (TPSA) is 45.5 Å². The summed E-state index contributed by atoms with van der Waals surface area (Å²) in [4.78, 5) is 15.7. The van der Waals surface area contributed by atoms with Crippen molar-refractivity contribution < 1.29 is 9.21 Å². The number of amides is 1. The molecule has 1 saturated heterocycles. The fourth-order valence-corrected chi connectivity index (χ4v) is 4.36. The van der Waals surface area contributed by atoms with Crippen molar-refractivity contribution in [2.75, 3.05) is 18.4 Å². The normalized spacial score (nSPS) is 14.9. The van der Waals surface area contributed by atoms with Crippen LogP contribution in [0.1, 0.15) is 60.7 Å². The second-order valence-electron chi connectivity index (χ2n) is 8.10. The van der Waals surface area contributed by atoms with Crippen LogP contribution in [-0.2, 0) is 13.0 Å². The fourth-order valence-electron chi connectivity index (χ4n) is 4.18. The number of fused-ring (bicyclic) bond motifs is 1. The number of carbonyl (C=O) groups excluding carboxylic acids is 1. The van der Waals surface area contributed by atoms with Gasteiger partial charge in [-0.1, -0.05) is 49.6 Å². The quantitative estimate of drug-likeness (QED) is 0.460. The Kier molecular flexibility index (Phi) is 6.76. The molecule has 1 aromatic heterocycles. The number of aryl methyl sites for hydroxylation is 1. The first kappa shape index (κ1) is 21.0. The molecule has 30 heavy (non-hydrogen) atoms. The summed E-state index contributed by atoms with van der Waals surface area (Å²) < 4.78 is 6.01. The minimum atomic E-state index is -0.128. The summed E-state index contributed by atoms with van der Waals surface area (Å²) in [5, 5.41) is 4.69. The van der Waals surface area contributed by atoms with Gasteiger partial charge in [0.15, 0.2) is 0 Å². The molecule has 1 aliphatic heterocycles. The molecular weight excluding hydrogens is 396 g/mol. The van der Waals surface area contributed by atoms with Gasteiger partial charge >= 0.3 is 0 Å². The van der Waals surface area contributed by atoms with Gasteiger partial charge in [-0.25, -0.2) is 0 Å². The molecule has 1 amide bonds. The molecule has 0 saturated carbocycles. The average molecular weight is 425 g/mol. The van der Waals surface area contributed by atoms with Crippen LogP contribution in [0.2, 0.25) is 5.02 Å². The van der Waals surface area contributed by atoms with Crippen LogP contribution in [0.3, 0.4) is 0 Å². The molecule has 0 spiro atoms. The number of anilines is 1. The van der Waals surface area contributed by atoms with E-state index in [9.17, 15) is 4.79 Å². The number of hydrogen-bond acceptors (Lipinski definition) is 3. The van der Waals surface area contributed by atoms with Gasteiger partial charge in [0.05, 0.1) is 5.56 Å². The lowest BCUT2D eigenvalue weighted by molar-refractivity contribution is 0.102. The van der Waals surface area contributed by atoms with Gasteiger partial charge in [-0.15, -0.1) is 0 Å². The summed E-state index contributed by atoms with van der Waals surface area (Å²) in [6.45, 7) is 5.17. The zero-order valence-electron chi connectivity index (χ0n) is 17.5. The number of nitrogens with zero attached hydrogens (tertiary/aromatic N) is 1. The highest BCUT2D eigenvalue weighted by molar-refractivity contribution is 6.31. The summed E-state index contributed by atoms with van der Waals surface area (Å²) in [5.41, 5.74) is 3.23. The Hall–Kier alpha value is -2.30. The number of unbranched alkanes of at least 4 members (excludes halogenated alkanes) is 1. The minimum absolute atomic E-state index is 0.128. The predicted molar refractivity (Wildman–Crippen MR) is 123 cm³/mol. The van der Waals surface area contributed by atoms with Crippen molar-refractivity contribution in [1.82, 2.24) is 4.90 Å². The van der Waals surface area contributed by atoms with Gasteiger partial charge in [-0.2, -0.15) is 0 Å². The molecule has 0 unspecified atom stereocenters. The standard InChI is InChI=1S/C25H29ClN2O2/c1-2-3-10-23-24(20-9-5-6-11-22(20)30-23)25(29)27-19-12-13-21(26)18(16-19)17-28-14-7-4-8-15-28/h5-6,9,11-13,16H,2-4,7-8,10,14-15,17H2,1H3,(H,27,29). The molecular formula is C25H29ClN2O2. The number of halogens is 1. The van der Waals surface area contributed by atoms with Gasteiger partial charge < -0.3 is 9.73 Å². The van der Waals surface area contributed by atoms with Gasteiger partial charge in [0.2, 0.25) is 0 Å². The van der Waals surface area contributed by atoms with Crippen molar-refractivity contribution in [2.24, 2.45) is 0 Å². The summed E-state index contributed by atoms with van der Waals surface area (Å²) in [6, 6.07) is 13.5. The maximum Gasteiger partial charge on any atom is 0.259 e. The maximum absolute atomic E-state index is 13.2. The van der Waals surface area contributed by atoms with Crippen molar-refractivity contribution in [3.05, 3.63) is 64.4 Å². The van der Waals surface area contributed by atoms with Crippen molar-refractivity contribution in [3.63, 3.8) is 0 Å². The van der Waals surface area contributed by atoms with Crippen molar-refractivity contribution >= 4 is 34.2 Å². The molecule has 1 N–H and O–H groups in total. The smallest absolute Gasteiger partial charge is 0.259 e. The average Bonchev–Trinajstić information content (AvgIpc) is 3.14. The predicted octanol–water partition coefficient (Wildman–Crippen LogP) is 6.67. The molecule has 1 aliphatic rings. The van der Waals surface area contributed by atoms with E-state index in [0.29, 0.717) is 5.56 Å². The summed E-state index contributed by atoms with van der Waals surface area (Å²) in [7, 11) is 0. The Labute approximate surface area is 183 Å². The number of furan rings is 1. The first-order chi connectivity index (χ1) is 14.7.